The minimum Gasteiger partial charge on any atom is -0.508 e. The molecule has 0 aromatic heterocycles. The molecule has 3 aromatic rings. The van der Waals surface area contributed by atoms with Crippen molar-refractivity contribution in [2.75, 3.05) is 26.2 Å². The number of rotatable bonds is 10. The first kappa shape index (κ1) is 55.2. The number of aliphatic hydroxyl groups is 1. The molecule has 0 saturated carbocycles. The molecule has 0 spiro atoms. The van der Waals surface area contributed by atoms with Crippen molar-refractivity contribution in [1.29, 1.82) is 0 Å². The Morgan fingerprint density at radius 2 is 0.917 bits per heavy atom. The number of benzene rings is 3. The molecule has 2 aliphatic rings. The average Bonchev–Trinajstić information content (AvgIpc) is 3.84. The second-order valence-corrected chi connectivity index (χ2v) is 18.7. The Labute approximate surface area is 416 Å². The topological polar surface area (TPSA) is 334 Å². The minimum atomic E-state index is -1.69. The Kier molecular flexibility index (Phi) is 19.9. The van der Waals surface area contributed by atoms with Crippen LogP contribution < -0.4 is 42.5 Å². The quantitative estimate of drug-likeness (QED) is 0.112. The summed E-state index contributed by atoms with van der Waals surface area (Å²) < 4.78 is 0. The molecule has 0 bridgehead atoms. The lowest BCUT2D eigenvalue weighted by Gasteiger charge is -2.30. The maximum atomic E-state index is 14.7. The molecule has 2 aliphatic heterocycles. The van der Waals surface area contributed by atoms with Crippen molar-refractivity contribution in [2.24, 2.45) is 11.8 Å². The molecule has 22 heteroatoms. The van der Waals surface area contributed by atoms with Gasteiger partial charge in [0.1, 0.15) is 59.5 Å². The zero-order valence-electron chi connectivity index (χ0n) is 40.6. The van der Waals surface area contributed by atoms with Gasteiger partial charge in [0.05, 0.1) is 19.7 Å². The van der Waals surface area contributed by atoms with Crippen molar-refractivity contribution in [2.45, 2.75) is 109 Å². The number of phenolic OH excluding ortho intramolecular Hbond substituents is 3. The highest BCUT2D eigenvalue weighted by molar-refractivity contribution is 5.99. The number of carbonyl (C=O) groups excluding carboxylic acids is 9. The number of hydrogen-bond donors (Lipinski definition) is 12. The maximum absolute atomic E-state index is 14.7. The second kappa shape index (κ2) is 25.9. The molecule has 0 radical (unpaired) electrons. The van der Waals surface area contributed by atoms with Crippen LogP contribution in [0.4, 0.5) is 0 Å². The van der Waals surface area contributed by atoms with E-state index in [0.29, 0.717) is 23.1 Å². The average molecular weight is 1000 g/mol. The van der Waals surface area contributed by atoms with Crippen LogP contribution in [0.2, 0.25) is 0 Å². The summed E-state index contributed by atoms with van der Waals surface area (Å²) in [7, 11) is 0. The zero-order chi connectivity index (χ0) is 52.6. The van der Waals surface area contributed by atoms with Gasteiger partial charge in [0.2, 0.25) is 53.2 Å². The summed E-state index contributed by atoms with van der Waals surface area (Å²) in [4.78, 5) is 126. The summed E-state index contributed by atoms with van der Waals surface area (Å²) in [5, 5.41) is 61.1. The van der Waals surface area contributed by atoms with Crippen LogP contribution in [0.5, 0.6) is 17.2 Å². The lowest BCUT2D eigenvalue weighted by atomic mass is 9.99. The number of phenols is 3. The molecule has 72 heavy (non-hydrogen) atoms. The van der Waals surface area contributed by atoms with Gasteiger partial charge in [-0.1, -0.05) is 64.1 Å². The number of amides is 9. The number of nitrogens with zero attached hydrogens (tertiary/aromatic N) is 1. The van der Waals surface area contributed by atoms with Gasteiger partial charge >= 0.3 is 0 Å². The largest absolute Gasteiger partial charge is 0.508 e. The first-order valence-corrected chi connectivity index (χ1v) is 23.8. The van der Waals surface area contributed by atoms with Gasteiger partial charge in [-0.2, -0.15) is 0 Å². The van der Waals surface area contributed by atoms with E-state index in [1.54, 1.807) is 27.7 Å². The fraction of sp³-hybridized carbons (Fsp3) is 0.460. The number of aliphatic hydroxyl groups excluding tert-OH is 1. The molecule has 3 aromatic carbocycles. The molecule has 0 aliphatic carbocycles. The van der Waals surface area contributed by atoms with E-state index < -0.39 is 121 Å². The molecule has 7 atom stereocenters. The van der Waals surface area contributed by atoms with E-state index in [0.717, 1.165) is 0 Å². The number of nitrogens with one attached hydrogen (secondary N) is 8. The van der Waals surface area contributed by atoms with Gasteiger partial charge in [-0.05, 0) is 84.2 Å². The lowest BCUT2D eigenvalue weighted by Crippen LogP contribution is -2.61. The molecule has 12 N–H and O–H groups in total. The van der Waals surface area contributed by atoms with E-state index >= 15 is 0 Å². The van der Waals surface area contributed by atoms with Crippen LogP contribution in [-0.2, 0) is 62.4 Å². The second-order valence-electron chi connectivity index (χ2n) is 18.7. The minimum absolute atomic E-state index is 0.0499. The summed E-state index contributed by atoms with van der Waals surface area (Å²) in [5.74, 6) is -8.35. The van der Waals surface area contributed by atoms with Crippen LogP contribution >= 0.6 is 0 Å². The highest BCUT2D eigenvalue weighted by Crippen LogP contribution is 2.22. The van der Waals surface area contributed by atoms with E-state index in [2.05, 4.69) is 42.5 Å². The Hall–Kier alpha value is -7.75. The third-order valence-electron chi connectivity index (χ3n) is 12.1. The van der Waals surface area contributed by atoms with Gasteiger partial charge in [0.15, 0.2) is 0 Å². The first-order chi connectivity index (χ1) is 34.2. The summed E-state index contributed by atoms with van der Waals surface area (Å²) in [6.07, 6.45) is 0.0232. The molecule has 388 valence electrons. The summed E-state index contributed by atoms with van der Waals surface area (Å²) in [6.45, 7) is 4.78. The molecule has 2 fully saturated rings. The van der Waals surface area contributed by atoms with Crippen LogP contribution in [0, 0.1) is 11.8 Å². The van der Waals surface area contributed by atoms with Crippen molar-refractivity contribution in [1.82, 2.24) is 47.4 Å². The molecule has 5 rings (SSSR count). The Balaban J connectivity index is 1.55. The van der Waals surface area contributed by atoms with Crippen LogP contribution in [0.25, 0.3) is 0 Å². The Morgan fingerprint density at radius 3 is 1.39 bits per heavy atom. The fourth-order valence-corrected chi connectivity index (χ4v) is 8.26. The van der Waals surface area contributed by atoms with Gasteiger partial charge in [-0.3, -0.25) is 43.2 Å². The summed E-state index contributed by atoms with van der Waals surface area (Å²) >= 11 is 0. The Bertz CT molecular complexity index is 2420. The monoisotopic (exact) mass is 999 g/mol. The number of aromatic hydroxyl groups is 3. The third kappa shape index (κ3) is 16.2. The zero-order valence-corrected chi connectivity index (χ0v) is 40.6. The van der Waals surface area contributed by atoms with E-state index in [1.165, 1.54) is 77.7 Å². The predicted octanol–water partition coefficient (Wildman–Crippen LogP) is -1.33. The van der Waals surface area contributed by atoms with Crippen molar-refractivity contribution >= 4 is 53.2 Å². The fourth-order valence-electron chi connectivity index (χ4n) is 8.26. The van der Waals surface area contributed by atoms with Crippen LogP contribution in [-0.4, -0.2) is 147 Å². The van der Waals surface area contributed by atoms with Gasteiger partial charge in [-0.15, -0.1) is 0 Å². The van der Waals surface area contributed by atoms with Crippen LogP contribution in [0.15, 0.2) is 72.8 Å². The van der Waals surface area contributed by atoms with E-state index in [-0.39, 0.29) is 61.8 Å². The first-order valence-electron chi connectivity index (χ1n) is 23.8. The summed E-state index contributed by atoms with van der Waals surface area (Å²) in [6, 6.07) is 7.63. The number of hydrogen-bond acceptors (Lipinski definition) is 13. The molecule has 1 unspecified atom stereocenters. The molecule has 22 nitrogen and oxygen atoms in total. The van der Waals surface area contributed by atoms with Gasteiger partial charge in [-0.25, -0.2) is 0 Å². The highest BCUT2D eigenvalue weighted by Gasteiger charge is 2.40. The Morgan fingerprint density at radius 1 is 0.500 bits per heavy atom. The van der Waals surface area contributed by atoms with E-state index in [1.807, 2.05) is 0 Å². The van der Waals surface area contributed by atoms with Gasteiger partial charge < -0.3 is 67.9 Å². The third-order valence-corrected chi connectivity index (χ3v) is 12.1. The van der Waals surface area contributed by atoms with Gasteiger partial charge in [0, 0.05) is 25.8 Å². The number of fused-ring (bicyclic) bond motifs is 1. The molecular weight excluding hydrogens is 935 g/mol. The SMILES string of the molecule is CC(C)C[C@@H]1NC(=O)[C@H](C(C)C)NC(=O)CNC(=O)CNC(=O)[C@@H]2CCCN2C(=O)[C@H](Cc2ccc(O)cc2)NC(=O)C(Cc2ccc(O)cc2)NC(=O)[C@H](Cc2ccc(O)cc2)NC(=O)[C@H](CO)NC1=O. The van der Waals surface area contributed by atoms with E-state index in [9.17, 15) is 63.6 Å². The van der Waals surface area contributed by atoms with Crippen molar-refractivity contribution in [3.63, 3.8) is 0 Å². The highest BCUT2D eigenvalue weighted by atomic mass is 16.3. The summed E-state index contributed by atoms with van der Waals surface area (Å²) in [5.41, 5.74) is 1.39. The molecule has 2 heterocycles. The van der Waals surface area contributed by atoms with Crippen molar-refractivity contribution < 1.29 is 63.6 Å². The predicted molar refractivity (Wildman–Crippen MR) is 259 cm³/mol. The van der Waals surface area contributed by atoms with Crippen LogP contribution in [0.1, 0.15) is 63.6 Å². The van der Waals surface area contributed by atoms with E-state index in [4.69, 9.17) is 0 Å². The smallest absolute Gasteiger partial charge is 0.246 e. The maximum Gasteiger partial charge on any atom is 0.246 e. The van der Waals surface area contributed by atoms with Crippen molar-refractivity contribution in [3.05, 3.63) is 89.5 Å². The molecule has 2 saturated heterocycles. The molecule has 9 amide bonds. The van der Waals surface area contributed by atoms with Crippen LogP contribution in [0.3, 0.4) is 0 Å². The van der Waals surface area contributed by atoms with Gasteiger partial charge in [0.25, 0.3) is 0 Å². The lowest BCUT2D eigenvalue weighted by molar-refractivity contribution is -0.142. The molecular formula is C50H65N9O13. The van der Waals surface area contributed by atoms with Crippen molar-refractivity contribution in [3.8, 4) is 17.2 Å². The normalized spacial score (nSPS) is 23.9. The number of carbonyl (C=O) groups is 9. The standard InChI is InChI=1S/C50H65N9O13/c1-27(2)20-35-44(66)57-39(26-60)47(69)54-36(21-29-7-13-32(61)14-8-29)45(67)53-37(22-30-9-15-33(62)16-10-30)46(68)56-38(23-31-11-17-34(63)18-12-31)50(72)59-19-5-6-40(59)48(70)52-24-41(64)51-25-42(65)58-43(28(3)4)49(71)55-35/h7-18,27-28,35-40,43,60-63H,5-6,19-26H2,1-4H3,(H,51,64)(H,52,70)(H,53,67)(H,54,69)(H,55,71)(H,56,68)(H,57,66)(H,58,65)/t35-,36-,37?,38-,39-,40-,43-/m0/s1.